The fourth-order valence-corrected chi connectivity index (χ4v) is 10.6. The van der Waals surface area contributed by atoms with Crippen molar-refractivity contribution in [1.82, 2.24) is 4.98 Å². The van der Waals surface area contributed by atoms with E-state index in [1.807, 2.05) is 35.6 Å². The molecule has 0 unspecified atom stereocenters. The summed E-state index contributed by atoms with van der Waals surface area (Å²) < 4.78 is 16.4. The van der Waals surface area contributed by atoms with Crippen LogP contribution in [0.2, 0.25) is 0 Å². The molecule has 4 heterocycles. The van der Waals surface area contributed by atoms with E-state index < -0.39 is 0 Å². The maximum absolute atomic E-state index is 6.39. The summed E-state index contributed by atoms with van der Waals surface area (Å²) in [5.74, 6) is 0. The third-order valence-corrected chi connectivity index (χ3v) is 13.0. The Hall–Kier alpha value is -6.73. The van der Waals surface area contributed by atoms with Gasteiger partial charge in [-0.25, -0.2) is 4.98 Å². The molecule has 0 saturated heterocycles. The molecule has 0 aliphatic rings. The number of aromatic nitrogens is 1. The van der Waals surface area contributed by atoms with Crippen LogP contribution in [0.1, 0.15) is 0 Å². The summed E-state index contributed by atoms with van der Waals surface area (Å²) in [5, 5.41) is 8.01. The molecular weight excluding hydrogens is 713 g/mol. The first-order chi connectivity index (χ1) is 27.2. The molecule has 55 heavy (non-hydrogen) atoms. The van der Waals surface area contributed by atoms with Gasteiger partial charge >= 0.3 is 0 Å². The normalized spacial score (nSPS) is 12.0. The van der Waals surface area contributed by atoms with E-state index in [9.17, 15) is 0 Å². The van der Waals surface area contributed by atoms with E-state index in [1.54, 1.807) is 11.3 Å². The van der Waals surface area contributed by atoms with Crippen LogP contribution < -0.4 is 4.90 Å². The van der Waals surface area contributed by atoms with Crippen LogP contribution in [0.3, 0.4) is 0 Å². The van der Waals surface area contributed by atoms with Crippen LogP contribution in [-0.2, 0) is 0 Å². The molecule has 0 spiro atoms. The van der Waals surface area contributed by atoms with Gasteiger partial charge in [0.05, 0.1) is 10.2 Å². The molecule has 0 atom stereocenters. The standard InChI is InChI=1S/C49H28N2O2S2/c1-2-10-30(11-3-1)49-50-40-28-38(47-46(48(40)55-49)37-14-6-9-17-45(37)54-47)29-18-20-31(21-19-29)51(32-23-25-43-39(26-32)35-13-5-8-16-42(35)52-43)33-22-24-36-34-12-4-7-15-41(34)53-44(36)27-33/h1-28H. The molecule has 6 heteroatoms. The Labute approximate surface area is 322 Å². The summed E-state index contributed by atoms with van der Waals surface area (Å²) in [6.07, 6.45) is 0. The fourth-order valence-electron chi connectivity index (χ4n) is 8.13. The Bertz CT molecular complexity index is 3440. The summed E-state index contributed by atoms with van der Waals surface area (Å²) in [4.78, 5) is 7.52. The molecule has 0 saturated carbocycles. The Morgan fingerprint density at radius 2 is 1.04 bits per heavy atom. The van der Waals surface area contributed by atoms with Crippen LogP contribution in [0.4, 0.5) is 17.1 Å². The van der Waals surface area contributed by atoms with E-state index in [4.69, 9.17) is 13.8 Å². The second-order valence-electron chi connectivity index (χ2n) is 13.9. The Kier molecular flexibility index (Phi) is 6.64. The van der Waals surface area contributed by atoms with Crippen LogP contribution in [0, 0.1) is 0 Å². The van der Waals surface area contributed by atoms with E-state index in [-0.39, 0.29) is 0 Å². The molecule has 0 aliphatic heterocycles. The van der Waals surface area contributed by atoms with Gasteiger partial charge in [-0.1, -0.05) is 97.1 Å². The number of thiophene rings is 1. The molecule has 4 nitrogen and oxygen atoms in total. The predicted octanol–water partition coefficient (Wildman–Crippen LogP) is 15.3. The van der Waals surface area contributed by atoms with E-state index in [0.717, 1.165) is 82.6 Å². The van der Waals surface area contributed by atoms with E-state index >= 15 is 0 Å². The van der Waals surface area contributed by atoms with Gasteiger partial charge in [0.15, 0.2) is 0 Å². The number of para-hydroxylation sites is 2. The third-order valence-electron chi connectivity index (χ3n) is 10.7. The summed E-state index contributed by atoms with van der Waals surface area (Å²) in [6.45, 7) is 0. The van der Waals surface area contributed by atoms with E-state index in [1.165, 1.54) is 30.4 Å². The summed E-state index contributed by atoms with van der Waals surface area (Å²) in [5.41, 5.74) is 11.1. The van der Waals surface area contributed by atoms with Gasteiger partial charge < -0.3 is 13.7 Å². The number of rotatable bonds is 5. The molecule has 0 bridgehead atoms. The van der Waals surface area contributed by atoms with Gasteiger partial charge in [-0.2, -0.15) is 0 Å². The highest BCUT2D eigenvalue weighted by atomic mass is 32.1. The average molecular weight is 741 g/mol. The molecule has 4 aromatic heterocycles. The lowest BCUT2D eigenvalue weighted by Crippen LogP contribution is -2.09. The zero-order valence-electron chi connectivity index (χ0n) is 29.2. The second-order valence-corrected chi connectivity index (χ2v) is 16.0. The van der Waals surface area contributed by atoms with Crippen LogP contribution in [0.15, 0.2) is 179 Å². The number of anilines is 3. The van der Waals surface area contributed by atoms with Gasteiger partial charge in [-0.15, -0.1) is 22.7 Å². The lowest BCUT2D eigenvalue weighted by molar-refractivity contribution is 0.668. The van der Waals surface area contributed by atoms with Crippen LogP contribution in [-0.4, -0.2) is 4.98 Å². The van der Waals surface area contributed by atoms with Crippen molar-refractivity contribution in [3.05, 3.63) is 170 Å². The van der Waals surface area contributed by atoms with Crippen molar-refractivity contribution in [1.29, 1.82) is 0 Å². The van der Waals surface area contributed by atoms with E-state index in [0.29, 0.717) is 0 Å². The molecular formula is C49H28N2O2S2. The van der Waals surface area contributed by atoms with Gasteiger partial charge in [-0.3, -0.25) is 0 Å². The molecule has 0 radical (unpaired) electrons. The number of nitrogens with zero attached hydrogens (tertiary/aromatic N) is 2. The molecule has 0 aliphatic carbocycles. The predicted molar refractivity (Wildman–Crippen MR) is 233 cm³/mol. The van der Waals surface area contributed by atoms with Crippen LogP contribution in [0.5, 0.6) is 0 Å². The van der Waals surface area contributed by atoms with Gasteiger partial charge in [0, 0.05) is 76.0 Å². The first-order valence-corrected chi connectivity index (χ1v) is 19.9. The van der Waals surface area contributed by atoms with Crippen LogP contribution >= 0.6 is 22.7 Å². The quantitative estimate of drug-likeness (QED) is 0.176. The number of fused-ring (bicyclic) bond motifs is 11. The highest BCUT2D eigenvalue weighted by molar-refractivity contribution is 7.28. The summed E-state index contributed by atoms with van der Waals surface area (Å²) in [7, 11) is 0. The fraction of sp³-hybridized carbons (Fsp3) is 0. The average Bonchev–Trinajstić information content (AvgIpc) is 4.02. The smallest absolute Gasteiger partial charge is 0.137 e. The minimum atomic E-state index is 0.855. The molecule has 12 rings (SSSR count). The number of hydrogen-bond donors (Lipinski definition) is 0. The van der Waals surface area contributed by atoms with Crippen molar-refractivity contribution < 1.29 is 8.83 Å². The highest BCUT2D eigenvalue weighted by Crippen LogP contribution is 2.48. The lowest BCUT2D eigenvalue weighted by atomic mass is 10.0. The first-order valence-electron chi connectivity index (χ1n) is 18.3. The van der Waals surface area contributed by atoms with Crippen molar-refractivity contribution in [2.24, 2.45) is 0 Å². The SMILES string of the molecule is c1ccc(-c2nc3cc(-c4ccc(N(c5ccc6c(c5)oc5ccccc56)c5ccc6oc7ccccc7c6c5)cc4)c4sc5ccccc5c4c3s2)cc1. The van der Waals surface area contributed by atoms with Crippen LogP contribution in [0.25, 0.3) is 96.0 Å². The topological polar surface area (TPSA) is 42.4 Å². The second kappa shape index (κ2) is 11.9. The summed E-state index contributed by atoms with van der Waals surface area (Å²) in [6, 6.07) is 60.0. The molecule has 258 valence electrons. The highest BCUT2D eigenvalue weighted by Gasteiger charge is 2.21. The number of thiazole rings is 1. The molecule has 0 fully saturated rings. The van der Waals surface area contributed by atoms with Gasteiger partial charge in [0.1, 0.15) is 27.3 Å². The van der Waals surface area contributed by atoms with E-state index in [2.05, 4.69) is 150 Å². The lowest BCUT2D eigenvalue weighted by Gasteiger charge is -2.26. The first kappa shape index (κ1) is 30.7. The molecule has 8 aromatic carbocycles. The van der Waals surface area contributed by atoms with Gasteiger partial charge in [-0.05, 0) is 72.3 Å². The van der Waals surface area contributed by atoms with Crippen molar-refractivity contribution in [3.63, 3.8) is 0 Å². The maximum atomic E-state index is 6.39. The van der Waals surface area contributed by atoms with Gasteiger partial charge in [0.25, 0.3) is 0 Å². The van der Waals surface area contributed by atoms with Crippen molar-refractivity contribution in [3.8, 4) is 21.7 Å². The van der Waals surface area contributed by atoms with Gasteiger partial charge in [0.2, 0.25) is 0 Å². The Morgan fingerprint density at radius 3 is 1.85 bits per heavy atom. The largest absolute Gasteiger partial charge is 0.456 e. The zero-order valence-corrected chi connectivity index (χ0v) is 30.8. The molecule has 0 N–H and O–H groups in total. The maximum Gasteiger partial charge on any atom is 0.137 e. The number of furan rings is 2. The Morgan fingerprint density at radius 1 is 0.418 bits per heavy atom. The Balaban J connectivity index is 1.04. The van der Waals surface area contributed by atoms with Crippen molar-refractivity contribution >= 4 is 114 Å². The third kappa shape index (κ3) is 4.79. The van der Waals surface area contributed by atoms with Crippen molar-refractivity contribution in [2.45, 2.75) is 0 Å². The number of benzene rings is 8. The monoisotopic (exact) mass is 740 g/mol. The number of hydrogen-bond acceptors (Lipinski definition) is 6. The zero-order chi connectivity index (χ0) is 36.0. The minimum absolute atomic E-state index is 0.855. The molecule has 0 amide bonds. The summed E-state index contributed by atoms with van der Waals surface area (Å²) >= 11 is 3.65. The minimum Gasteiger partial charge on any atom is -0.456 e. The van der Waals surface area contributed by atoms with Crippen molar-refractivity contribution in [2.75, 3.05) is 4.90 Å². The molecule has 12 aromatic rings.